The van der Waals surface area contributed by atoms with Crippen LogP contribution in [0, 0.1) is 5.82 Å². The predicted octanol–water partition coefficient (Wildman–Crippen LogP) is 2.93. The van der Waals surface area contributed by atoms with Crippen LogP contribution >= 0.6 is 0 Å². The number of hydrogen-bond donors (Lipinski definition) is 1. The van der Waals surface area contributed by atoms with E-state index in [4.69, 9.17) is 5.73 Å². The van der Waals surface area contributed by atoms with E-state index in [1.165, 1.54) is 6.07 Å². The molecule has 1 aromatic heterocycles. The Labute approximate surface area is 119 Å². The fraction of sp³-hybridized carbons (Fsp3) is 0.438. The van der Waals surface area contributed by atoms with Crippen molar-refractivity contribution in [2.45, 2.75) is 38.6 Å². The van der Waals surface area contributed by atoms with Crippen LogP contribution in [0.3, 0.4) is 0 Å². The van der Waals surface area contributed by atoms with Gasteiger partial charge in [-0.3, -0.25) is 4.68 Å². The van der Waals surface area contributed by atoms with Crippen LogP contribution < -0.4 is 5.73 Å². The second-order valence-corrected chi connectivity index (χ2v) is 5.27. The molecule has 0 spiro atoms. The number of nitrogens with zero attached hydrogens (tertiary/aromatic N) is 2. The third kappa shape index (κ3) is 2.75. The summed E-state index contributed by atoms with van der Waals surface area (Å²) >= 11 is 0. The van der Waals surface area contributed by atoms with Gasteiger partial charge in [0.05, 0.1) is 5.69 Å². The maximum atomic E-state index is 14.0. The van der Waals surface area contributed by atoms with E-state index in [1.807, 2.05) is 24.7 Å². The number of halogens is 1. The quantitative estimate of drug-likeness (QED) is 0.911. The molecule has 0 aliphatic carbocycles. The molecule has 0 aliphatic rings. The molecule has 108 valence electrons. The van der Waals surface area contributed by atoms with E-state index in [1.54, 1.807) is 12.1 Å². The Morgan fingerprint density at radius 1 is 1.30 bits per heavy atom. The fourth-order valence-corrected chi connectivity index (χ4v) is 2.51. The lowest BCUT2D eigenvalue weighted by atomic mass is 9.83. The first-order valence-corrected chi connectivity index (χ1v) is 7.06. The summed E-state index contributed by atoms with van der Waals surface area (Å²) in [6, 6.07) is 8.81. The lowest BCUT2D eigenvalue weighted by Crippen LogP contribution is -2.39. The molecule has 1 unspecified atom stereocenters. The van der Waals surface area contributed by atoms with Gasteiger partial charge in [0.25, 0.3) is 0 Å². The first-order valence-electron chi connectivity index (χ1n) is 7.06. The molecule has 0 amide bonds. The van der Waals surface area contributed by atoms with Gasteiger partial charge in [0.15, 0.2) is 0 Å². The molecule has 0 saturated carbocycles. The summed E-state index contributed by atoms with van der Waals surface area (Å²) in [5.41, 5.74) is 8.43. The Hall–Kier alpha value is -1.68. The first-order chi connectivity index (χ1) is 9.50. The zero-order valence-corrected chi connectivity index (χ0v) is 12.4. The van der Waals surface area contributed by atoms with Gasteiger partial charge in [-0.25, -0.2) is 4.39 Å². The van der Waals surface area contributed by atoms with Gasteiger partial charge in [-0.05, 0) is 25.0 Å². The summed E-state index contributed by atoms with van der Waals surface area (Å²) < 4.78 is 15.9. The fourth-order valence-electron chi connectivity index (χ4n) is 2.51. The molecule has 0 fully saturated rings. The van der Waals surface area contributed by atoms with Gasteiger partial charge in [-0.15, -0.1) is 0 Å². The third-order valence-corrected chi connectivity index (χ3v) is 3.93. The molecular weight excluding hydrogens is 253 g/mol. The third-order valence-electron chi connectivity index (χ3n) is 3.93. The molecule has 4 heteroatoms. The van der Waals surface area contributed by atoms with Gasteiger partial charge in [0, 0.05) is 30.3 Å². The predicted molar refractivity (Wildman–Crippen MR) is 78.8 cm³/mol. The molecule has 20 heavy (non-hydrogen) atoms. The Balaban J connectivity index is 2.36. The number of aryl methyl sites for hydroxylation is 2. The van der Waals surface area contributed by atoms with Crippen LogP contribution in [0.1, 0.15) is 37.2 Å². The lowest BCUT2D eigenvalue weighted by molar-refractivity contribution is 0.392. The van der Waals surface area contributed by atoms with Crippen molar-refractivity contribution in [3.63, 3.8) is 0 Å². The minimum absolute atomic E-state index is 0.241. The molecule has 2 aromatic rings. The summed E-state index contributed by atoms with van der Waals surface area (Å²) in [6.45, 7) is 4.06. The van der Waals surface area contributed by atoms with E-state index in [-0.39, 0.29) is 5.82 Å². The van der Waals surface area contributed by atoms with Crippen LogP contribution in [0.4, 0.5) is 4.39 Å². The summed E-state index contributed by atoms with van der Waals surface area (Å²) in [5, 5.41) is 4.43. The molecular formula is C16H22FN3. The Morgan fingerprint density at radius 2 is 2.00 bits per heavy atom. The first kappa shape index (κ1) is 14.7. The Kier molecular flexibility index (Phi) is 4.23. The summed E-state index contributed by atoms with van der Waals surface area (Å²) in [7, 11) is 1.91. The lowest BCUT2D eigenvalue weighted by Gasteiger charge is -2.29. The SMILES string of the molecule is CCc1cc(CC(N)(CC)c2ccccc2F)n(C)n1. The van der Waals surface area contributed by atoms with Crippen molar-refractivity contribution >= 4 is 0 Å². The molecule has 1 heterocycles. The van der Waals surface area contributed by atoms with Crippen molar-refractivity contribution in [2.75, 3.05) is 0 Å². The van der Waals surface area contributed by atoms with E-state index in [0.29, 0.717) is 18.4 Å². The minimum atomic E-state index is -0.704. The molecule has 0 bridgehead atoms. The van der Waals surface area contributed by atoms with Gasteiger partial charge >= 0.3 is 0 Å². The zero-order valence-electron chi connectivity index (χ0n) is 12.4. The maximum Gasteiger partial charge on any atom is 0.128 e. The zero-order chi connectivity index (χ0) is 14.8. The Bertz CT molecular complexity index is 591. The standard InChI is InChI=1S/C16H22FN3/c1-4-12-10-13(20(3)19-12)11-16(18,5-2)14-8-6-7-9-15(14)17/h6-10H,4-5,11,18H2,1-3H3. The van der Waals surface area contributed by atoms with Crippen molar-refractivity contribution in [1.82, 2.24) is 9.78 Å². The van der Waals surface area contributed by atoms with E-state index in [9.17, 15) is 4.39 Å². The van der Waals surface area contributed by atoms with Gasteiger partial charge in [-0.1, -0.05) is 32.0 Å². The average Bonchev–Trinajstić information content (AvgIpc) is 2.79. The van der Waals surface area contributed by atoms with Crippen molar-refractivity contribution in [3.8, 4) is 0 Å². The molecule has 2 N–H and O–H groups in total. The van der Waals surface area contributed by atoms with E-state index in [0.717, 1.165) is 17.8 Å². The molecule has 1 atom stereocenters. The Morgan fingerprint density at radius 3 is 2.55 bits per heavy atom. The highest BCUT2D eigenvalue weighted by atomic mass is 19.1. The van der Waals surface area contributed by atoms with Crippen LogP contribution in [-0.4, -0.2) is 9.78 Å². The maximum absolute atomic E-state index is 14.0. The van der Waals surface area contributed by atoms with E-state index >= 15 is 0 Å². The summed E-state index contributed by atoms with van der Waals surface area (Å²) in [6.07, 6.45) is 2.13. The van der Waals surface area contributed by atoms with Crippen molar-refractivity contribution in [3.05, 3.63) is 53.1 Å². The minimum Gasteiger partial charge on any atom is -0.321 e. The highest BCUT2D eigenvalue weighted by Crippen LogP contribution is 2.28. The smallest absolute Gasteiger partial charge is 0.128 e. The van der Waals surface area contributed by atoms with Crippen LogP contribution in [0.5, 0.6) is 0 Å². The second kappa shape index (κ2) is 5.75. The molecule has 2 rings (SSSR count). The number of hydrogen-bond acceptors (Lipinski definition) is 2. The van der Waals surface area contributed by atoms with Crippen LogP contribution in [0.25, 0.3) is 0 Å². The van der Waals surface area contributed by atoms with Crippen molar-refractivity contribution < 1.29 is 4.39 Å². The number of nitrogens with two attached hydrogens (primary N) is 1. The van der Waals surface area contributed by atoms with Crippen LogP contribution in [0.2, 0.25) is 0 Å². The van der Waals surface area contributed by atoms with Gasteiger partial charge in [-0.2, -0.15) is 5.10 Å². The molecule has 0 saturated heterocycles. The van der Waals surface area contributed by atoms with E-state index in [2.05, 4.69) is 18.1 Å². The van der Waals surface area contributed by atoms with Crippen molar-refractivity contribution in [2.24, 2.45) is 12.8 Å². The summed E-state index contributed by atoms with van der Waals surface area (Å²) in [5.74, 6) is -0.241. The molecule has 1 aromatic carbocycles. The number of benzene rings is 1. The van der Waals surface area contributed by atoms with Crippen molar-refractivity contribution in [1.29, 1.82) is 0 Å². The van der Waals surface area contributed by atoms with E-state index < -0.39 is 5.54 Å². The molecule has 0 radical (unpaired) electrons. The number of rotatable bonds is 5. The van der Waals surface area contributed by atoms with Gasteiger partial charge in [0.1, 0.15) is 5.82 Å². The molecule has 3 nitrogen and oxygen atoms in total. The number of aromatic nitrogens is 2. The highest BCUT2D eigenvalue weighted by molar-refractivity contribution is 5.28. The van der Waals surface area contributed by atoms with Gasteiger partial charge < -0.3 is 5.73 Å². The topological polar surface area (TPSA) is 43.8 Å². The normalized spacial score (nSPS) is 14.2. The molecule has 0 aliphatic heterocycles. The van der Waals surface area contributed by atoms with Crippen LogP contribution in [-0.2, 0) is 25.4 Å². The monoisotopic (exact) mass is 275 g/mol. The summed E-state index contributed by atoms with van der Waals surface area (Å²) in [4.78, 5) is 0. The average molecular weight is 275 g/mol. The second-order valence-electron chi connectivity index (χ2n) is 5.27. The van der Waals surface area contributed by atoms with Crippen LogP contribution in [0.15, 0.2) is 30.3 Å². The largest absolute Gasteiger partial charge is 0.321 e. The van der Waals surface area contributed by atoms with Gasteiger partial charge in [0.2, 0.25) is 0 Å². The highest BCUT2D eigenvalue weighted by Gasteiger charge is 2.29.